The first kappa shape index (κ1) is 17.5. The minimum atomic E-state index is -0.458. The first-order valence-electron chi connectivity index (χ1n) is 9.64. The van der Waals surface area contributed by atoms with Crippen molar-refractivity contribution >= 4 is 11.8 Å². The van der Waals surface area contributed by atoms with E-state index in [0.29, 0.717) is 24.3 Å². The van der Waals surface area contributed by atoms with Gasteiger partial charge in [-0.3, -0.25) is 14.9 Å². The molecule has 6 heteroatoms. The average molecular weight is 357 g/mol. The number of rotatable bonds is 6. The van der Waals surface area contributed by atoms with Crippen LogP contribution in [0.25, 0.3) is 0 Å². The van der Waals surface area contributed by atoms with Crippen molar-refractivity contribution in [2.75, 3.05) is 13.2 Å². The van der Waals surface area contributed by atoms with Crippen LogP contribution < -0.4 is 15.4 Å². The normalized spacial score (nSPS) is 24.3. The molecule has 0 spiro atoms. The molecule has 1 unspecified atom stereocenters. The van der Waals surface area contributed by atoms with Gasteiger partial charge in [0, 0.05) is 12.1 Å². The highest BCUT2D eigenvalue weighted by atomic mass is 16.5. The van der Waals surface area contributed by atoms with E-state index in [2.05, 4.69) is 29.5 Å². The van der Waals surface area contributed by atoms with Crippen LogP contribution in [-0.4, -0.2) is 36.0 Å². The number of nitrogens with one attached hydrogen (secondary N) is 2. The van der Waals surface area contributed by atoms with Crippen LogP contribution in [0.5, 0.6) is 5.88 Å². The summed E-state index contributed by atoms with van der Waals surface area (Å²) in [5, 5.41) is 5.66. The predicted octanol–water partition coefficient (Wildman–Crippen LogP) is 2.39. The third-order valence-corrected chi connectivity index (χ3v) is 5.43. The van der Waals surface area contributed by atoms with Crippen LogP contribution in [0, 0.1) is 11.3 Å². The SMILES string of the molecule is CC1(C)CNC(C(=O)NC(=O)c2ccc(C3CC3)c(OCC3CC3)n2)C1. The lowest BCUT2D eigenvalue weighted by molar-refractivity contribution is -0.121. The van der Waals surface area contributed by atoms with E-state index in [-0.39, 0.29) is 23.1 Å². The molecule has 3 fully saturated rings. The maximum absolute atomic E-state index is 12.5. The molecule has 6 nitrogen and oxygen atoms in total. The van der Waals surface area contributed by atoms with Gasteiger partial charge in [-0.05, 0) is 55.4 Å². The van der Waals surface area contributed by atoms with E-state index in [1.807, 2.05) is 6.07 Å². The second kappa shape index (κ2) is 6.65. The molecule has 2 saturated carbocycles. The van der Waals surface area contributed by atoms with Crippen molar-refractivity contribution in [3.8, 4) is 5.88 Å². The molecule has 26 heavy (non-hydrogen) atoms. The molecule has 0 bridgehead atoms. The van der Waals surface area contributed by atoms with Crippen LogP contribution in [0.1, 0.15) is 67.9 Å². The van der Waals surface area contributed by atoms with E-state index in [4.69, 9.17) is 4.74 Å². The standard InChI is InChI=1S/C20H27N3O3/c1-20(2)9-16(21-11-20)18(25)23-17(24)15-8-7-14(13-5-6-13)19(22-15)26-10-12-3-4-12/h7-8,12-13,16,21H,3-6,9-11H2,1-2H3,(H,23,24,25). The van der Waals surface area contributed by atoms with E-state index >= 15 is 0 Å². The van der Waals surface area contributed by atoms with Crippen LogP contribution in [0.3, 0.4) is 0 Å². The van der Waals surface area contributed by atoms with E-state index in [1.165, 1.54) is 12.8 Å². The van der Waals surface area contributed by atoms with Crippen LogP contribution in [0.2, 0.25) is 0 Å². The number of hydrogen-bond acceptors (Lipinski definition) is 5. The Bertz CT molecular complexity index is 723. The number of amides is 2. The zero-order chi connectivity index (χ0) is 18.3. The monoisotopic (exact) mass is 357 g/mol. The molecule has 2 heterocycles. The van der Waals surface area contributed by atoms with Gasteiger partial charge in [0.2, 0.25) is 11.8 Å². The number of aromatic nitrogens is 1. The Labute approximate surface area is 154 Å². The van der Waals surface area contributed by atoms with Crippen molar-refractivity contribution in [3.63, 3.8) is 0 Å². The third kappa shape index (κ3) is 4.06. The molecule has 4 rings (SSSR count). The average Bonchev–Trinajstić information content (AvgIpc) is 3.51. The molecule has 3 aliphatic rings. The smallest absolute Gasteiger partial charge is 0.276 e. The number of hydrogen-bond donors (Lipinski definition) is 2. The lowest BCUT2D eigenvalue weighted by Gasteiger charge is -2.15. The van der Waals surface area contributed by atoms with Gasteiger partial charge >= 0.3 is 0 Å². The number of carbonyl (C=O) groups is 2. The fourth-order valence-corrected chi connectivity index (χ4v) is 3.42. The summed E-state index contributed by atoms with van der Waals surface area (Å²) in [4.78, 5) is 29.3. The first-order chi connectivity index (χ1) is 12.4. The number of nitrogens with zero attached hydrogens (tertiary/aromatic N) is 1. The fraction of sp³-hybridized carbons (Fsp3) is 0.650. The summed E-state index contributed by atoms with van der Waals surface area (Å²) >= 11 is 0. The molecule has 0 radical (unpaired) electrons. The van der Waals surface area contributed by atoms with Gasteiger partial charge < -0.3 is 10.1 Å². The molecule has 1 saturated heterocycles. The van der Waals surface area contributed by atoms with Gasteiger partial charge in [0.05, 0.1) is 12.6 Å². The van der Waals surface area contributed by atoms with Crippen molar-refractivity contribution in [2.24, 2.45) is 11.3 Å². The van der Waals surface area contributed by atoms with Gasteiger partial charge in [-0.1, -0.05) is 19.9 Å². The molecule has 0 aromatic carbocycles. The van der Waals surface area contributed by atoms with Gasteiger partial charge in [-0.15, -0.1) is 0 Å². The summed E-state index contributed by atoms with van der Waals surface area (Å²) in [5.74, 6) is 0.953. The van der Waals surface area contributed by atoms with Gasteiger partial charge in [-0.2, -0.15) is 0 Å². The second-order valence-corrected chi connectivity index (χ2v) is 8.74. The molecule has 1 atom stereocenters. The largest absolute Gasteiger partial charge is 0.477 e. The third-order valence-electron chi connectivity index (χ3n) is 5.43. The van der Waals surface area contributed by atoms with Crippen molar-refractivity contribution in [1.82, 2.24) is 15.6 Å². The number of ether oxygens (including phenoxy) is 1. The molecule has 1 aromatic rings. The van der Waals surface area contributed by atoms with E-state index in [0.717, 1.165) is 31.4 Å². The quantitative estimate of drug-likeness (QED) is 0.764. The van der Waals surface area contributed by atoms with Gasteiger partial charge in [0.25, 0.3) is 5.91 Å². The summed E-state index contributed by atoms with van der Waals surface area (Å²) in [6, 6.07) is 3.31. The van der Waals surface area contributed by atoms with Crippen molar-refractivity contribution in [2.45, 2.75) is 57.9 Å². The molecule has 2 N–H and O–H groups in total. The molecule has 140 valence electrons. The Kier molecular flexibility index (Phi) is 4.47. The summed E-state index contributed by atoms with van der Waals surface area (Å²) in [6.07, 6.45) is 5.43. The van der Waals surface area contributed by atoms with Crippen LogP contribution in [-0.2, 0) is 4.79 Å². The number of pyridine rings is 1. The zero-order valence-corrected chi connectivity index (χ0v) is 15.5. The number of imide groups is 1. The van der Waals surface area contributed by atoms with Crippen LogP contribution >= 0.6 is 0 Å². The highest BCUT2D eigenvalue weighted by molar-refractivity contribution is 6.05. The highest BCUT2D eigenvalue weighted by Gasteiger charge is 2.35. The Balaban J connectivity index is 1.43. The second-order valence-electron chi connectivity index (χ2n) is 8.74. The Morgan fingerprint density at radius 3 is 2.65 bits per heavy atom. The molecule has 1 aliphatic heterocycles. The summed E-state index contributed by atoms with van der Waals surface area (Å²) in [7, 11) is 0. The van der Waals surface area contributed by atoms with E-state index in [1.54, 1.807) is 6.07 Å². The maximum Gasteiger partial charge on any atom is 0.276 e. The van der Waals surface area contributed by atoms with Crippen molar-refractivity contribution in [3.05, 3.63) is 23.4 Å². The van der Waals surface area contributed by atoms with E-state index in [9.17, 15) is 9.59 Å². The Hall–Kier alpha value is -1.95. The van der Waals surface area contributed by atoms with Crippen molar-refractivity contribution < 1.29 is 14.3 Å². The molecular formula is C20H27N3O3. The van der Waals surface area contributed by atoms with Gasteiger partial charge in [-0.25, -0.2) is 4.98 Å². The van der Waals surface area contributed by atoms with E-state index < -0.39 is 5.91 Å². The van der Waals surface area contributed by atoms with Crippen LogP contribution in [0.4, 0.5) is 0 Å². The molecule has 2 aliphatic carbocycles. The molecule has 1 aromatic heterocycles. The van der Waals surface area contributed by atoms with Crippen molar-refractivity contribution in [1.29, 1.82) is 0 Å². The summed E-state index contributed by atoms with van der Waals surface area (Å²) < 4.78 is 5.90. The molecule has 2 amide bonds. The zero-order valence-electron chi connectivity index (χ0n) is 15.5. The Morgan fingerprint density at radius 1 is 1.27 bits per heavy atom. The first-order valence-corrected chi connectivity index (χ1v) is 9.64. The van der Waals surface area contributed by atoms with Crippen LogP contribution in [0.15, 0.2) is 12.1 Å². The topological polar surface area (TPSA) is 80.3 Å². The van der Waals surface area contributed by atoms with Gasteiger partial charge in [0.15, 0.2) is 0 Å². The maximum atomic E-state index is 12.5. The lowest BCUT2D eigenvalue weighted by Crippen LogP contribution is -2.43. The minimum absolute atomic E-state index is 0.0685. The minimum Gasteiger partial charge on any atom is -0.477 e. The van der Waals surface area contributed by atoms with Gasteiger partial charge in [0.1, 0.15) is 5.69 Å². The lowest BCUT2D eigenvalue weighted by atomic mass is 9.90. The fourth-order valence-electron chi connectivity index (χ4n) is 3.42. The molecular weight excluding hydrogens is 330 g/mol. The highest BCUT2D eigenvalue weighted by Crippen LogP contribution is 2.44. The Morgan fingerprint density at radius 2 is 2.04 bits per heavy atom. The summed E-state index contributed by atoms with van der Waals surface area (Å²) in [5.41, 5.74) is 1.40. The summed E-state index contributed by atoms with van der Waals surface area (Å²) in [6.45, 7) is 5.65. The predicted molar refractivity (Wildman–Crippen MR) is 97.1 cm³/mol. The number of carbonyl (C=O) groups excluding carboxylic acids is 2.